The van der Waals surface area contributed by atoms with Crippen LogP contribution in [0.15, 0.2) is 30.3 Å². The van der Waals surface area contributed by atoms with Crippen molar-refractivity contribution in [1.82, 2.24) is 5.32 Å². The van der Waals surface area contributed by atoms with Gasteiger partial charge in [-0.2, -0.15) is 0 Å². The Labute approximate surface area is 97.1 Å². The lowest BCUT2D eigenvalue weighted by molar-refractivity contribution is -0.123. The van der Waals surface area contributed by atoms with Gasteiger partial charge in [0.15, 0.2) is 0 Å². The Bertz CT molecular complexity index is 383. The van der Waals surface area contributed by atoms with Crippen LogP contribution in [0.2, 0.25) is 0 Å². The van der Waals surface area contributed by atoms with Gasteiger partial charge in [-0.3, -0.25) is 4.79 Å². The van der Waals surface area contributed by atoms with Gasteiger partial charge in [0.1, 0.15) is 0 Å². The molecule has 1 saturated carbocycles. The van der Waals surface area contributed by atoms with Gasteiger partial charge in [0.2, 0.25) is 5.91 Å². The molecule has 1 amide bonds. The Morgan fingerprint density at radius 1 is 1.38 bits per heavy atom. The number of benzene rings is 1. The van der Waals surface area contributed by atoms with E-state index >= 15 is 0 Å². The molecule has 1 fully saturated rings. The van der Waals surface area contributed by atoms with Crippen LogP contribution in [0, 0.1) is 11.3 Å². The van der Waals surface area contributed by atoms with Gasteiger partial charge < -0.3 is 5.32 Å². The second-order valence-corrected chi connectivity index (χ2v) is 5.39. The van der Waals surface area contributed by atoms with Crippen molar-refractivity contribution in [2.45, 2.75) is 33.2 Å². The maximum atomic E-state index is 11.9. The monoisotopic (exact) mass is 217 g/mol. The van der Waals surface area contributed by atoms with Crippen LogP contribution >= 0.6 is 0 Å². The third-order valence-corrected chi connectivity index (χ3v) is 3.49. The molecule has 0 aliphatic heterocycles. The lowest BCUT2D eigenvalue weighted by atomic mass is 10.1. The summed E-state index contributed by atoms with van der Waals surface area (Å²) in [6.45, 7) is 6.32. The molecule has 0 unspecified atom stereocenters. The average Bonchev–Trinajstić information content (AvgIpc) is 2.89. The van der Waals surface area contributed by atoms with Gasteiger partial charge >= 0.3 is 0 Å². The molecule has 0 aromatic heterocycles. The maximum absolute atomic E-state index is 11.9. The topological polar surface area (TPSA) is 29.1 Å². The van der Waals surface area contributed by atoms with Crippen molar-refractivity contribution < 1.29 is 4.79 Å². The standard InChI is InChI=1S/C14H19NO/c1-10(11-7-5-4-6-8-11)15-13(16)12-9-14(12,2)3/h4-8,10,12H,9H2,1-3H3,(H,15,16)/t10-,12+/m1/s1. The van der Waals surface area contributed by atoms with E-state index in [4.69, 9.17) is 0 Å². The number of hydrogen-bond donors (Lipinski definition) is 1. The number of amides is 1. The molecule has 2 nitrogen and oxygen atoms in total. The highest BCUT2D eigenvalue weighted by atomic mass is 16.2. The molecule has 1 aliphatic rings. The molecule has 1 aromatic carbocycles. The molecule has 86 valence electrons. The summed E-state index contributed by atoms with van der Waals surface area (Å²) in [5, 5.41) is 3.07. The fourth-order valence-corrected chi connectivity index (χ4v) is 2.05. The van der Waals surface area contributed by atoms with Gasteiger partial charge in [0.05, 0.1) is 6.04 Å². The number of rotatable bonds is 3. The van der Waals surface area contributed by atoms with E-state index in [1.807, 2.05) is 37.3 Å². The molecule has 1 N–H and O–H groups in total. The number of carbonyl (C=O) groups is 1. The van der Waals surface area contributed by atoms with Crippen molar-refractivity contribution in [2.24, 2.45) is 11.3 Å². The first-order valence-corrected chi connectivity index (χ1v) is 5.86. The van der Waals surface area contributed by atoms with Crippen LogP contribution in [0.25, 0.3) is 0 Å². The summed E-state index contributed by atoms with van der Waals surface area (Å²) in [7, 11) is 0. The summed E-state index contributed by atoms with van der Waals surface area (Å²) in [6.07, 6.45) is 1.01. The van der Waals surface area contributed by atoms with Crippen molar-refractivity contribution in [3.05, 3.63) is 35.9 Å². The Morgan fingerprint density at radius 3 is 2.44 bits per heavy atom. The number of carbonyl (C=O) groups excluding carboxylic acids is 1. The van der Waals surface area contributed by atoms with Gasteiger partial charge in [-0.05, 0) is 24.3 Å². The van der Waals surface area contributed by atoms with Gasteiger partial charge in [0.25, 0.3) is 0 Å². The van der Waals surface area contributed by atoms with Crippen LogP contribution in [0.1, 0.15) is 38.8 Å². The zero-order valence-corrected chi connectivity index (χ0v) is 10.2. The molecule has 1 aromatic rings. The summed E-state index contributed by atoms with van der Waals surface area (Å²) < 4.78 is 0. The van der Waals surface area contributed by atoms with Gasteiger partial charge in [-0.1, -0.05) is 44.2 Å². The first kappa shape index (κ1) is 11.2. The van der Waals surface area contributed by atoms with E-state index in [2.05, 4.69) is 19.2 Å². The molecule has 0 bridgehead atoms. The second kappa shape index (κ2) is 3.93. The van der Waals surface area contributed by atoms with Crippen LogP contribution in [-0.2, 0) is 4.79 Å². The third kappa shape index (κ3) is 2.26. The van der Waals surface area contributed by atoms with E-state index in [-0.39, 0.29) is 23.3 Å². The molecule has 2 atom stereocenters. The Balaban J connectivity index is 1.94. The van der Waals surface area contributed by atoms with Crippen LogP contribution < -0.4 is 5.32 Å². The van der Waals surface area contributed by atoms with Crippen LogP contribution in [0.3, 0.4) is 0 Å². The normalized spacial score (nSPS) is 23.6. The van der Waals surface area contributed by atoms with E-state index in [1.54, 1.807) is 0 Å². The zero-order chi connectivity index (χ0) is 11.8. The molecule has 16 heavy (non-hydrogen) atoms. The van der Waals surface area contributed by atoms with E-state index in [0.29, 0.717) is 0 Å². The van der Waals surface area contributed by atoms with Crippen LogP contribution in [0.5, 0.6) is 0 Å². The maximum Gasteiger partial charge on any atom is 0.224 e. The fraction of sp³-hybridized carbons (Fsp3) is 0.500. The highest BCUT2D eigenvalue weighted by Gasteiger charge is 2.50. The molecule has 0 radical (unpaired) electrons. The molecule has 2 heteroatoms. The zero-order valence-electron chi connectivity index (χ0n) is 10.2. The minimum atomic E-state index is 0.102. The first-order valence-electron chi connectivity index (χ1n) is 5.86. The van der Waals surface area contributed by atoms with E-state index in [9.17, 15) is 4.79 Å². The molecule has 0 heterocycles. The predicted octanol–water partition coefficient (Wildman–Crippen LogP) is 2.91. The number of nitrogens with one attached hydrogen (secondary N) is 1. The summed E-state index contributed by atoms with van der Waals surface area (Å²) in [6, 6.07) is 10.2. The Kier molecular flexibility index (Phi) is 2.75. The fourth-order valence-electron chi connectivity index (χ4n) is 2.05. The van der Waals surface area contributed by atoms with Crippen molar-refractivity contribution in [1.29, 1.82) is 0 Å². The summed E-state index contributed by atoms with van der Waals surface area (Å²) >= 11 is 0. The lowest BCUT2D eigenvalue weighted by Gasteiger charge is -2.14. The van der Waals surface area contributed by atoms with Gasteiger partial charge in [-0.25, -0.2) is 0 Å². The summed E-state index contributed by atoms with van der Waals surface area (Å²) in [4.78, 5) is 11.9. The quantitative estimate of drug-likeness (QED) is 0.828. The average molecular weight is 217 g/mol. The van der Waals surface area contributed by atoms with E-state index in [1.165, 1.54) is 0 Å². The van der Waals surface area contributed by atoms with Crippen LogP contribution in [-0.4, -0.2) is 5.91 Å². The van der Waals surface area contributed by atoms with E-state index < -0.39 is 0 Å². The van der Waals surface area contributed by atoms with Gasteiger partial charge in [0, 0.05) is 5.92 Å². The van der Waals surface area contributed by atoms with Crippen molar-refractivity contribution in [2.75, 3.05) is 0 Å². The molecule has 2 rings (SSSR count). The largest absolute Gasteiger partial charge is 0.349 e. The molecule has 0 saturated heterocycles. The minimum Gasteiger partial charge on any atom is -0.349 e. The second-order valence-electron chi connectivity index (χ2n) is 5.39. The highest BCUT2D eigenvalue weighted by Crippen LogP contribution is 2.51. The molecular formula is C14H19NO. The molecular weight excluding hydrogens is 198 g/mol. The van der Waals surface area contributed by atoms with Gasteiger partial charge in [-0.15, -0.1) is 0 Å². The predicted molar refractivity (Wildman–Crippen MR) is 64.9 cm³/mol. The summed E-state index contributed by atoms with van der Waals surface area (Å²) in [5.41, 5.74) is 1.37. The summed E-state index contributed by atoms with van der Waals surface area (Å²) in [5.74, 6) is 0.403. The highest BCUT2D eigenvalue weighted by molar-refractivity contribution is 5.82. The smallest absolute Gasteiger partial charge is 0.224 e. The van der Waals surface area contributed by atoms with Crippen molar-refractivity contribution in [3.8, 4) is 0 Å². The lowest BCUT2D eigenvalue weighted by Crippen LogP contribution is -2.29. The van der Waals surface area contributed by atoms with Crippen molar-refractivity contribution in [3.63, 3.8) is 0 Å². The van der Waals surface area contributed by atoms with Crippen molar-refractivity contribution >= 4 is 5.91 Å². The van der Waals surface area contributed by atoms with E-state index in [0.717, 1.165) is 12.0 Å². The SMILES string of the molecule is C[C@@H](NC(=O)[C@@H]1CC1(C)C)c1ccccc1. The van der Waals surface area contributed by atoms with Crippen LogP contribution in [0.4, 0.5) is 0 Å². The molecule has 1 aliphatic carbocycles. The molecule has 0 spiro atoms. The minimum absolute atomic E-state index is 0.102. The Morgan fingerprint density at radius 2 is 1.94 bits per heavy atom. The Hall–Kier alpha value is -1.31. The first-order chi connectivity index (χ1) is 7.50. The number of hydrogen-bond acceptors (Lipinski definition) is 1. The third-order valence-electron chi connectivity index (χ3n) is 3.49.